The largest absolute Gasteiger partial charge is 0.456 e. The van der Waals surface area contributed by atoms with Crippen molar-refractivity contribution >= 4 is 33.7 Å². The number of hydrogen-bond acceptors (Lipinski definition) is 6. The number of hydrogen-bond donors (Lipinski definition) is 0. The normalized spacial score (nSPS) is 10.6. The van der Waals surface area contributed by atoms with E-state index in [2.05, 4.69) is 4.36 Å². The molecule has 0 heterocycles. The summed E-state index contributed by atoms with van der Waals surface area (Å²) in [5, 5.41) is 10.6. The highest BCUT2D eigenvalue weighted by molar-refractivity contribution is 7.62. The number of halogens is 4. The molecule has 0 aliphatic carbocycles. The Kier molecular flexibility index (Phi) is 7.24. The van der Waals surface area contributed by atoms with Crippen molar-refractivity contribution in [2.45, 2.75) is 13.6 Å². The van der Waals surface area contributed by atoms with E-state index in [1.165, 1.54) is 0 Å². The van der Waals surface area contributed by atoms with Crippen LogP contribution < -0.4 is 4.74 Å². The van der Waals surface area contributed by atoms with Gasteiger partial charge in [0.15, 0.2) is 0 Å². The van der Waals surface area contributed by atoms with Crippen LogP contribution in [0.15, 0.2) is 40.8 Å². The molecule has 2 rings (SSSR count). The Morgan fingerprint density at radius 3 is 2.32 bits per heavy atom. The van der Waals surface area contributed by atoms with Crippen molar-refractivity contribution in [2.75, 3.05) is 0 Å². The molecule has 150 valence electrons. The lowest BCUT2D eigenvalue weighted by Gasteiger charge is -2.11. The fourth-order valence-electron chi connectivity index (χ4n) is 1.91. The fraction of sp³-hybridized carbons (Fsp3) is 0.133. The standard InChI is InChI=1S/C14H6ClF3N2O6S.CH4/c15-10-5-7(14(16,17)18)1-4-12(10)26-8-2-3-11(20(22)23)9(6-8)13(21)19-27(24)25;/h1-6H;1H4. The Bertz CT molecular complexity index is 1060. The zero-order chi connectivity index (χ0) is 20.4. The molecule has 0 aliphatic rings. The molecule has 0 aromatic heterocycles. The number of nitro benzene ring substituents is 1. The molecule has 0 N–H and O–H groups in total. The molecule has 0 saturated heterocycles. The minimum Gasteiger partial charge on any atom is -0.456 e. The summed E-state index contributed by atoms with van der Waals surface area (Å²) in [6.45, 7) is 0. The van der Waals surface area contributed by atoms with Crippen LogP contribution in [0.5, 0.6) is 11.5 Å². The second-order valence-corrected chi connectivity index (χ2v) is 5.82. The molecule has 0 saturated carbocycles. The van der Waals surface area contributed by atoms with Crippen LogP contribution in [0.2, 0.25) is 5.02 Å². The molecule has 13 heteroatoms. The molecule has 0 aliphatic heterocycles. The van der Waals surface area contributed by atoms with Crippen LogP contribution >= 0.6 is 11.6 Å². The van der Waals surface area contributed by atoms with Crippen LogP contribution in [0.1, 0.15) is 23.3 Å². The zero-order valence-corrected chi connectivity index (χ0v) is 14.3. The van der Waals surface area contributed by atoms with E-state index < -0.39 is 49.3 Å². The van der Waals surface area contributed by atoms with Crippen LogP contribution in [0, 0.1) is 10.1 Å². The van der Waals surface area contributed by atoms with Crippen molar-refractivity contribution in [1.29, 1.82) is 0 Å². The molecule has 0 bridgehead atoms. The molecule has 0 spiro atoms. The zero-order valence-electron chi connectivity index (χ0n) is 12.7. The average Bonchev–Trinajstić information content (AvgIpc) is 2.54. The predicted molar refractivity (Wildman–Crippen MR) is 92.0 cm³/mol. The minimum absolute atomic E-state index is 0. The van der Waals surface area contributed by atoms with Gasteiger partial charge >= 0.3 is 16.7 Å². The highest BCUT2D eigenvalue weighted by Crippen LogP contribution is 2.37. The number of alkyl halides is 3. The molecular formula is C15H10ClF3N2O6S. The first-order valence-corrected chi connectivity index (χ1v) is 8.08. The van der Waals surface area contributed by atoms with Crippen LogP contribution in [-0.2, 0) is 16.7 Å². The molecule has 28 heavy (non-hydrogen) atoms. The molecule has 2 aromatic rings. The number of rotatable bonds is 4. The number of amides is 1. The van der Waals surface area contributed by atoms with Gasteiger partial charge in [-0.15, -0.1) is 0 Å². The third-order valence-electron chi connectivity index (χ3n) is 3.04. The van der Waals surface area contributed by atoms with E-state index >= 15 is 0 Å². The number of carbonyl (C=O) groups is 1. The third-order valence-corrected chi connectivity index (χ3v) is 3.65. The van der Waals surface area contributed by atoms with Gasteiger partial charge < -0.3 is 4.74 Å². The van der Waals surface area contributed by atoms with Crippen molar-refractivity contribution in [2.24, 2.45) is 4.36 Å². The molecular weight excluding hydrogens is 429 g/mol. The lowest BCUT2D eigenvalue weighted by Crippen LogP contribution is -2.04. The summed E-state index contributed by atoms with van der Waals surface area (Å²) in [6.07, 6.45) is -4.62. The Labute approximate surface area is 162 Å². The van der Waals surface area contributed by atoms with Gasteiger partial charge in [-0.2, -0.15) is 21.6 Å². The number of benzene rings is 2. The van der Waals surface area contributed by atoms with Crippen molar-refractivity contribution in [1.82, 2.24) is 0 Å². The van der Waals surface area contributed by atoms with Crippen molar-refractivity contribution in [3.63, 3.8) is 0 Å². The van der Waals surface area contributed by atoms with E-state index in [0.29, 0.717) is 12.1 Å². The van der Waals surface area contributed by atoms with Crippen LogP contribution in [0.3, 0.4) is 0 Å². The van der Waals surface area contributed by atoms with Crippen LogP contribution in [0.4, 0.5) is 18.9 Å². The van der Waals surface area contributed by atoms with E-state index in [0.717, 1.165) is 24.3 Å². The molecule has 0 unspecified atom stereocenters. The minimum atomic E-state index is -4.62. The smallest absolute Gasteiger partial charge is 0.416 e. The van der Waals surface area contributed by atoms with Crippen LogP contribution in [0.25, 0.3) is 0 Å². The van der Waals surface area contributed by atoms with Gasteiger partial charge in [0.1, 0.15) is 17.1 Å². The first kappa shape index (κ1) is 23.0. The van der Waals surface area contributed by atoms with Gasteiger partial charge in [-0.05, 0) is 24.3 Å². The lowest BCUT2D eigenvalue weighted by atomic mass is 10.1. The van der Waals surface area contributed by atoms with Crippen molar-refractivity contribution in [3.05, 3.63) is 62.7 Å². The SMILES string of the molecule is C.O=C(N=S(=O)=O)c1cc(Oc2ccc(C(F)(F)F)cc2Cl)ccc1[N+](=O)[O-]. The first-order valence-electron chi connectivity index (χ1n) is 6.67. The summed E-state index contributed by atoms with van der Waals surface area (Å²) in [5.41, 5.74) is -2.44. The van der Waals surface area contributed by atoms with Gasteiger partial charge in [0.2, 0.25) is 0 Å². The summed E-state index contributed by atoms with van der Waals surface area (Å²) in [7, 11) is -3.14. The van der Waals surface area contributed by atoms with Gasteiger partial charge in [0, 0.05) is 12.1 Å². The summed E-state index contributed by atoms with van der Waals surface area (Å²) >= 11 is 5.74. The maximum atomic E-state index is 12.6. The summed E-state index contributed by atoms with van der Waals surface area (Å²) in [6, 6.07) is 4.97. The Morgan fingerprint density at radius 1 is 1.18 bits per heavy atom. The molecule has 0 fully saturated rings. The van der Waals surface area contributed by atoms with Crippen molar-refractivity contribution < 1.29 is 36.0 Å². The number of carbonyl (C=O) groups excluding carboxylic acids is 1. The Hall–Kier alpha value is -2.99. The fourth-order valence-corrected chi connectivity index (χ4v) is 2.37. The van der Waals surface area contributed by atoms with Gasteiger partial charge in [0.25, 0.3) is 11.6 Å². The van der Waals surface area contributed by atoms with E-state index in [4.69, 9.17) is 16.3 Å². The molecule has 0 atom stereocenters. The van der Waals surface area contributed by atoms with E-state index in [9.17, 15) is 36.5 Å². The summed E-state index contributed by atoms with van der Waals surface area (Å²) < 4.78 is 66.8. The summed E-state index contributed by atoms with van der Waals surface area (Å²) in [4.78, 5) is 21.8. The van der Waals surface area contributed by atoms with Gasteiger partial charge in [-0.25, -0.2) is 0 Å². The van der Waals surface area contributed by atoms with E-state index in [1.54, 1.807) is 0 Å². The average molecular weight is 439 g/mol. The Balaban J connectivity index is 0.00000392. The Morgan fingerprint density at radius 2 is 1.82 bits per heavy atom. The summed E-state index contributed by atoms with van der Waals surface area (Å²) in [5.74, 6) is -1.85. The van der Waals surface area contributed by atoms with Gasteiger partial charge in [0.05, 0.1) is 15.5 Å². The topological polar surface area (TPSA) is 116 Å². The molecule has 8 nitrogen and oxygen atoms in total. The monoisotopic (exact) mass is 438 g/mol. The molecule has 1 amide bonds. The highest BCUT2D eigenvalue weighted by atomic mass is 35.5. The lowest BCUT2D eigenvalue weighted by molar-refractivity contribution is -0.385. The maximum absolute atomic E-state index is 12.6. The van der Waals surface area contributed by atoms with Crippen molar-refractivity contribution in [3.8, 4) is 11.5 Å². The number of nitro groups is 1. The second kappa shape index (κ2) is 8.80. The van der Waals surface area contributed by atoms with E-state index in [-0.39, 0.29) is 18.9 Å². The number of ether oxygens (including phenoxy) is 1. The maximum Gasteiger partial charge on any atom is 0.416 e. The van der Waals surface area contributed by atoms with Gasteiger partial charge in [-0.3, -0.25) is 14.9 Å². The van der Waals surface area contributed by atoms with Crippen LogP contribution in [-0.4, -0.2) is 19.2 Å². The second-order valence-electron chi connectivity index (χ2n) is 4.79. The number of nitrogens with zero attached hydrogens (tertiary/aromatic N) is 2. The quantitative estimate of drug-likeness (QED) is 0.495. The third kappa shape index (κ3) is 5.50. The predicted octanol–water partition coefficient (Wildman–Crippen LogP) is 4.90. The van der Waals surface area contributed by atoms with Gasteiger partial charge in [-0.1, -0.05) is 23.4 Å². The first-order chi connectivity index (χ1) is 12.5. The molecule has 0 radical (unpaired) electrons. The highest BCUT2D eigenvalue weighted by Gasteiger charge is 2.31. The molecule has 2 aromatic carbocycles. The van der Waals surface area contributed by atoms with E-state index in [1.807, 2.05) is 0 Å².